The summed E-state index contributed by atoms with van der Waals surface area (Å²) in [5.41, 5.74) is 0.921. The molecule has 2 heterocycles. The van der Waals surface area contributed by atoms with Crippen molar-refractivity contribution in [1.82, 2.24) is 10.2 Å². The smallest absolute Gasteiger partial charge is 0.244 e. The van der Waals surface area contributed by atoms with Gasteiger partial charge in [-0.05, 0) is 41.7 Å². The number of nitrogens with zero attached hydrogens (tertiary/aromatic N) is 1. The van der Waals surface area contributed by atoms with Gasteiger partial charge in [-0.25, -0.2) is 0 Å². The van der Waals surface area contributed by atoms with Gasteiger partial charge in [-0.3, -0.25) is 10.1 Å². The normalized spacial score (nSPS) is 26.1. The van der Waals surface area contributed by atoms with Crippen LogP contribution in [0.3, 0.4) is 0 Å². The second-order valence-electron chi connectivity index (χ2n) is 5.42. The van der Waals surface area contributed by atoms with Crippen molar-refractivity contribution in [2.45, 2.75) is 43.9 Å². The molecule has 1 spiro atoms. The first-order valence-electron chi connectivity index (χ1n) is 6.83. The number of carbonyl (C=O) groups is 1. The third-order valence-electron chi connectivity index (χ3n) is 4.17. The molecule has 1 aliphatic carbocycles. The van der Waals surface area contributed by atoms with Gasteiger partial charge in [0.2, 0.25) is 5.91 Å². The van der Waals surface area contributed by atoms with Crippen molar-refractivity contribution in [2.75, 3.05) is 13.7 Å². The molecule has 19 heavy (non-hydrogen) atoms. The number of hydrogen-bond acceptors (Lipinski definition) is 4. The maximum atomic E-state index is 12.7. The van der Waals surface area contributed by atoms with Crippen molar-refractivity contribution in [3.8, 4) is 0 Å². The van der Waals surface area contributed by atoms with E-state index in [2.05, 4.69) is 29.1 Å². The summed E-state index contributed by atoms with van der Waals surface area (Å²) in [4.78, 5) is 14.7. The second kappa shape index (κ2) is 4.89. The van der Waals surface area contributed by atoms with Gasteiger partial charge in [-0.1, -0.05) is 6.92 Å². The lowest BCUT2D eigenvalue weighted by molar-refractivity contribution is -0.134. The number of rotatable bonds is 5. The average molecular weight is 280 g/mol. The van der Waals surface area contributed by atoms with Gasteiger partial charge >= 0.3 is 0 Å². The van der Waals surface area contributed by atoms with Crippen molar-refractivity contribution in [3.05, 3.63) is 22.4 Å². The third kappa shape index (κ3) is 2.10. The second-order valence-corrected chi connectivity index (χ2v) is 6.20. The van der Waals surface area contributed by atoms with Crippen LogP contribution in [0.4, 0.5) is 0 Å². The maximum absolute atomic E-state index is 12.7. The van der Waals surface area contributed by atoms with Gasteiger partial charge in [0.1, 0.15) is 11.7 Å². The summed E-state index contributed by atoms with van der Waals surface area (Å²) >= 11 is 1.67. The lowest BCUT2D eigenvalue weighted by atomic mass is 10.1. The lowest BCUT2D eigenvalue weighted by Gasteiger charge is -2.31. The quantitative estimate of drug-likeness (QED) is 0.898. The number of methoxy groups -OCH3 is 1. The summed E-state index contributed by atoms with van der Waals surface area (Å²) in [6, 6.07) is 2.25. The minimum atomic E-state index is -0.270. The SMILES string of the molecule is CCC(COC)N1C(=O)C2(CC2)NC1c1ccsc1. The van der Waals surface area contributed by atoms with Gasteiger partial charge in [-0.15, -0.1) is 0 Å². The van der Waals surface area contributed by atoms with Crippen LogP contribution in [-0.2, 0) is 9.53 Å². The van der Waals surface area contributed by atoms with Gasteiger partial charge in [0.05, 0.1) is 12.6 Å². The topological polar surface area (TPSA) is 41.6 Å². The lowest BCUT2D eigenvalue weighted by Crippen LogP contribution is -2.42. The highest BCUT2D eigenvalue weighted by Gasteiger charge is 2.60. The predicted molar refractivity (Wildman–Crippen MR) is 75.0 cm³/mol. The molecule has 1 saturated heterocycles. The van der Waals surface area contributed by atoms with E-state index in [0.29, 0.717) is 6.61 Å². The van der Waals surface area contributed by atoms with Crippen LogP contribution in [-0.4, -0.2) is 36.1 Å². The minimum absolute atomic E-state index is 0.0151. The van der Waals surface area contributed by atoms with Crippen LogP contribution < -0.4 is 5.32 Å². The molecule has 1 aromatic rings. The molecule has 1 aliphatic heterocycles. The molecule has 0 bridgehead atoms. The third-order valence-corrected chi connectivity index (χ3v) is 4.87. The Morgan fingerprint density at radius 3 is 2.95 bits per heavy atom. The molecule has 2 fully saturated rings. The fourth-order valence-corrected chi connectivity index (χ4v) is 3.56. The molecule has 1 N–H and O–H groups in total. The Balaban J connectivity index is 1.90. The van der Waals surface area contributed by atoms with E-state index in [-0.39, 0.29) is 23.7 Å². The van der Waals surface area contributed by atoms with Crippen LogP contribution in [0.1, 0.15) is 37.9 Å². The molecule has 2 unspecified atom stereocenters. The van der Waals surface area contributed by atoms with Crippen molar-refractivity contribution in [2.24, 2.45) is 0 Å². The summed E-state index contributed by atoms with van der Waals surface area (Å²) in [5.74, 6) is 0.257. The van der Waals surface area contributed by atoms with E-state index < -0.39 is 0 Å². The first-order chi connectivity index (χ1) is 9.22. The van der Waals surface area contributed by atoms with E-state index in [1.807, 2.05) is 4.90 Å². The molecule has 1 amide bonds. The van der Waals surface area contributed by atoms with Crippen molar-refractivity contribution >= 4 is 17.2 Å². The van der Waals surface area contributed by atoms with E-state index in [9.17, 15) is 4.79 Å². The van der Waals surface area contributed by atoms with Gasteiger partial charge in [0.15, 0.2) is 0 Å². The van der Waals surface area contributed by atoms with E-state index in [1.165, 1.54) is 5.56 Å². The van der Waals surface area contributed by atoms with Gasteiger partial charge in [0, 0.05) is 7.11 Å². The average Bonchev–Trinajstić information content (AvgIpc) is 2.88. The molecule has 0 aromatic carbocycles. The number of hydrogen-bond donors (Lipinski definition) is 1. The van der Waals surface area contributed by atoms with Crippen LogP contribution in [0, 0.1) is 0 Å². The van der Waals surface area contributed by atoms with E-state index >= 15 is 0 Å². The highest BCUT2D eigenvalue weighted by molar-refractivity contribution is 7.07. The molecule has 104 valence electrons. The summed E-state index contributed by atoms with van der Waals surface area (Å²) in [6.45, 7) is 2.71. The summed E-state index contributed by atoms with van der Waals surface area (Å²) < 4.78 is 5.29. The first-order valence-corrected chi connectivity index (χ1v) is 7.77. The van der Waals surface area contributed by atoms with Crippen LogP contribution >= 0.6 is 11.3 Å². The Morgan fingerprint density at radius 1 is 1.63 bits per heavy atom. The van der Waals surface area contributed by atoms with E-state index in [0.717, 1.165) is 19.3 Å². The zero-order valence-corrected chi connectivity index (χ0v) is 12.2. The molecule has 0 radical (unpaired) electrons. The molecule has 1 aromatic heterocycles. The number of carbonyl (C=O) groups excluding carboxylic acids is 1. The molecular weight excluding hydrogens is 260 g/mol. The molecule has 2 aliphatic rings. The monoisotopic (exact) mass is 280 g/mol. The number of amides is 1. The zero-order chi connectivity index (χ0) is 13.5. The van der Waals surface area contributed by atoms with Crippen LogP contribution in [0.15, 0.2) is 16.8 Å². The Kier molecular flexibility index (Phi) is 3.37. The van der Waals surface area contributed by atoms with Crippen LogP contribution in [0.2, 0.25) is 0 Å². The Morgan fingerprint density at radius 2 is 2.42 bits per heavy atom. The molecule has 5 heteroatoms. The highest BCUT2D eigenvalue weighted by Crippen LogP contribution is 2.47. The van der Waals surface area contributed by atoms with E-state index in [1.54, 1.807) is 18.4 Å². The number of thiophene rings is 1. The summed E-state index contributed by atoms with van der Waals surface area (Å²) in [5, 5.41) is 7.73. The van der Waals surface area contributed by atoms with Crippen molar-refractivity contribution in [3.63, 3.8) is 0 Å². The molecule has 1 saturated carbocycles. The highest BCUT2D eigenvalue weighted by atomic mass is 32.1. The van der Waals surface area contributed by atoms with Gasteiger partial charge in [-0.2, -0.15) is 11.3 Å². The van der Waals surface area contributed by atoms with Crippen molar-refractivity contribution in [1.29, 1.82) is 0 Å². The van der Waals surface area contributed by atoms with Crippen molar-refractivity contribution < 1.29 is 9.53 Å². The maximum Gasteiger partial charge on any atom is 0.244 e. The largest absolute Gasteiger partial charge is 0.383 e. The Hall–Kier alpha value is -0.910. The van der Waals surface area contributed by atoms with Crippen LogP contribution in [0.5, 0.6) is 0 Å². The van der Waals surface area contributed by atoms with E-state index in [4.69, 9.17) is 4.74 Å². The Bertz CT molecular complexity index is 456. The van der Waals surface area contributed by atoms with Crippen LogP contribution in [0.25, 0.3) is 0 Å². The molecule has 3 rings (SSSR count). The molecular formula is C14H20N2O2S. The molecule has 4 nitrogen and oxygen atoms in total. The fraction of sp³-hybridized carbons (Fsp3) is 0.643. The zero-order valence-electron chi connectivity index (χ0n) is 11.4. The standard InChI is InChI=1S/C14H20N2O2S/c1-3-11(8-18-2)16-12(10-4-7-19-9-10)15-14(5-6-14)13(16)17/h4,7,9,11-12,15H,3,5-6,8H2,1-2H3. The number of ether oxygens (including phenoxy) is 1. The fourth-order valence-electron chi connectivity index (χ4n) is 2.88. The molecule has 2 atom stereocenters. The summed E-state index contributed by atoms with van der Waals surface area (Å²) in [7, 11) is 1.70. The van der Waals surface area contributed by atoms with Gasteiger partial charge < -0.3 is 9.64 Å². The minimum Gasteiger partial charge on any atom is -0.383 e. The predicted octanol–water partition coefficient (Wildman–Crippen LogP) is 2.14. The number of nitrogens with one attached hydrogen (secondary N) is 1. The first kappa shape index (κ1) is 13.1. The summed E-state index contributed by atoms with van der Waals surface area (Å²) in [6.07, 6.45) is 2.86. The Labute approximate surface area is 117 Å². The van der Waals surface area contributed by atoms with Gasteiger partial charge in [0.25, 0.3) is 0 Å².